The van der Waals surface area contributed by atoms with Crippen LogP contribution in [0.4, 0.5) is 0 Å². The highest BCUT2D eigenvalue weighted by atomic mass is 16.5. The molecular formula is C21H23NO3. The van der Waals surface area contributed by atoms with Crippen molar-refractivity contribution in [3.8, 4) is 5.75 Å². The predicted molar refractivity (Wildman–Crippen MR) is 98.6 cm³/mol. The van der Waals surface area contributed by atoms with E-state index >= 15 is 0 Å². The zero-order valence-corrected chi connectivity index (χ0v) is 14.2. The molecule has 0 unspecified atom stereocenters. The van der Waals surface area contributed by atoms with Crippen LogP contribution in [0.25, 0.3) is 6.08 Å². The molecule has 0 bridgehead atoms. The van der Waals surface area contributed by atoms with Gasteiger partial charge in [0.1, 0.15) is 12.4 Å². The molecule has 1 aliphatic rings. The van der Waals surface area contributed by atoms with Gasteiger partial charge in [-0.15, -0.1) is 0 Å². The maximum Gasteiger partial charge on any atom is 0.255 e. The molecule has 0 spiro atoms. The summed E-state index contributed by atoms with van der Waals surface area (Å²) < 4.78 is 11.3. The fraction of sp³-hybridized carbons (Fsp3) is 0.286. The second kappa shape index (κ2) is 8.49. The highest BCUT2D eigenvalue weighted by Gasteiger charge is 2.19. The Labute approximate surface area is 148 Å². The molecule has 25 heavy (non-hydrogen) atoms. The molecule has 1 heterocycles. The SMILES string of the molecule is C=Cc1ccc(C(=O)NC2CCOCC2)c(OCc2ccccc2)c1. The van der Waals surface area contributed by atoms with E-state index in [2.05, 4.69) is 11.9 Å². The Morgan fingerprint density at radius 1 is 1.20 bits per heavy atom. The Bertz CT molecular complexity index is 721. The van der Waals surface area contributed by atoms with Gasteiger partial charge in [-0.3, -0.25) is 4.79 Å². The summed E-state index contributed by atoms with van der Waals surface area (Å²) in [6.07, 6.45) is 3.43. The molecule has 2 aromatic carbocycles. The monoisotopic (exact) mass is 337 g/mol. The second-order valence-electron chi connectivity index (χ2n) is 6.09. The average molecular weight is 337 g/mol. The van der Waals surface area contributed by atoms with E-state index in [4.69, 9.17) is 9.47 Å². The van der Waals surface area contributed by atoms with Crippen molar-refractivity contribution in [2.75, 3.05) is 13.2 Å². The first-order chi connectivity index (χ1) is 12.3. The largest absolute Gasteiger partial charge is 0.488 e. The lowest BCUT2D eigenvalue weighted by Gasteiger charge is -2.23. The summed E-state index contributed by atoms with van der Waals surface area (Å²) in [5, 5.41) is 3.09. The topological polar surface area (TPSA) is 47.6 Å². The second-order valence-corrected chi connectivity index (χ2v) is 6.09. The summed E-state index contributed by atoms with van der Waals surface area (Å²) in [6, 6.07) is 15.6. The van der Waals surface area contributed by atoms with Crippen LogP contribution in [0.2, 0.25) is 0 Å². The number of benzene rings is 2. The van der Waals surface area contributed by atoms with Crippen LogP contribution in [-0.2, 0) is 11.3 Å². The van der Waals surface area contributed by atoms with Gasteiger partial charge in [0.15, 0.2) is 0 Å². The Morgan fingerprint density at radius 3 is 2.68 bits per heavy atom. The number of hydrogen-bond acceptors (Lipinski definition) is 3. The van der Waals surface area contributed by atoms with E-state index in [0.717, 1.165) is 24.0 Å². The third kappa shape index (κ3) is 4.70. The molecule has 0 aliphatic carbocycles. The number of nitrogens with one attached hydrogen (secondary N) is 1. The summed E-state index contributed by atoms with van der Waals surface area (Å²) >= 11 is 0. The van der Waals surface area contributed by atoms with Crippen molar-refractivity contribution in [1.82, 2.24) is 5.32 Å². The Kier molecular flexibility index (Phi) is 5.86. The molecule has 0 radical (unpaired) electrons. The molecule has 4 heteroatoms. The van der Waals surface area contributed by atoms with Crippen molar-refractivity contribution < 1.29 is 14.3 Å². The fourth-order valence-electron chi connectivity index (χ4n) is 2.81. The van der Waals surface area contributed by atoms with E-state index in [0.29, 0.717) is 31.1 Å². The number of carbonyl (C=O) groups excluding carboxylic acids is 1. The Balaban J connectivity index is 1.75. The summed E-state index contributed by atoms with van der Waals surface area (Å²) in [5.74, 6) is 0.469. The van der Waals surface area contributed by atoms with Crippen LogP contribution in [0.5, 0.6) is 5.75 Å². The van der Waals surface area contributed by atoms with Gasteiger partial charge in [0.05, 0.1) is 5.56 Å². The highest BCUT2D eigenvalue weighted by molar-refractivity contribution is 5.97. The first-order valence-corrected chi connectivity index (χ1v) is 8.58. The van der Waals surface area contributed by atoms with Crippen LogP contribution in [0.15, 0.2) is 55.1 Å². The smallest absolute Gasteiger partial charge is 0.255 e. The van der Waals surface area contributed by atoms with Crippen LogP contribution in [0.3, 0.4) is 0 Å². The number of ether oxygens (including phenoxy) is 2. The summed E-state index contributed by atoms with van der Waals surface area (Å²) in [5.41, 5.74) is 2.53. The lowest BCUT2D eigenvalue weighted by molar-refractivity contribution is 0.0694. The molecule has 2 aromatic rings. The number of rotatable bonds is 6. The van der Waals surface area contributed by atoms with Crippen LogP contribution in [0.1, 0.15) is 34.3 Å². The van der Waals surface area contributed by atoms with Gasteiger partial charge in [0.2, 0.25) is 0 Å². The molecule has 1 N–H and O–H groups in total. The molecular weight excluding hydrogens is 314 g/mol. The summed E-state index contributed by atoms with van der Waals surface area (Å²) in [4.78, 5) is 12.7. The fourth-order valence-corrected chi connectivity index (χ4v) is 2.81. The van der Waals surface area contributed by atoms with E-state index in [1.807, 2.05) is 42.5 Å². The third-order valence-corrected chi connectivity index (χ3v) is 4.28. The average Bonchev–Trinajstić information content (AvgIpc) is 2.67. The van der Waals surface area contributed by atoms with E-state index in [9.17, 15) is 4.79 Å². The molecule has 1 saturated heterocycles. The standard InChI is InChI=1S/C21H23NO3/c1-2-16-8-9-19(21(23)22-18-10-12-24-13-11-18)20(14-16)25-15-17-6-4-3-5-7-17/h2-9,14,18H,1,10-13,15H2,(H,22,23). The number of amides is 1. The maximum absolute atomic E-state index is 12.7. The van der Waals surface area contributed by atoms with Gasteiger partial charge < -0.3 is 14.8 Å². The molecule has 4 nitrogen and oxygen atoms in total. The molecule has 0 saturated carbocycles. The van der Waals surface area contributed by atoms with E-state index < -0.39 is 0 Å². The summed E-state index contributed by atoms with van der Waals surface area (Å²) in [7, 11) is 0. The zero-order chi connectivity index (χ0) is 17.5. The van der Waals surface area contributed by atoms with E-state index in [1.54, 1.807) is 12.1 Å². The van der Waals surface area contributed by atoms with Gasteiger partial charge in [-0.05, 0) is 36.1 Å². The Hall–Kier alpha value is -2.59. The molecule has 1 aliphatic heterocycles. The molecule has 1 amide bonds. The number of hydrogen-bond donors (Lipinski definition) is 1. The van der Waals surface area contributed by atoms with Crippen molar-refractivity contribution in [1.29, 1.82) is 0 Å². The van der Waals surface area contributed by atoms with Crippen molar-refractivity contribution in [2.45, 2.75) is 25.5 Å². The van der Waals surface area contributed by atoms with Crippen LogP contribution >= 0.6 is 0 Å². The molecule has 1 fully saturated rings. The van der Waals surface area contributed by atoms with Crippen molar-refractivity contribution in [3.63, 3.8) is 0 Å². The Morgan fingerprint density at radius 2 is 1.96 bits per heavy atom. The zero-order valence-electron chi connectivity index (χ0n) is 14.2. The van der Waals surface area contributed by atoms with E-state index in [1.165, 1.54) is 0 Å². The highest BCUT2D eigenvalue weighted by Crippen LogP contribution is 2.23. The minimum Gasteiger partial charge on any atom is -0.488 e. The van der Waals surface area contributed by atoms with Crippen molar-refractivity contribution in [2.24, 2.45) is 0 Å². The van der Waals surface area contributed by atoms with Gasteiger partial charge in [0, 0.05) is 19.3 Å². The van der Waals surface area contributed by atoms with Crippen LogP contribution in [-0.4, -0.2) is 25.2 Å². The van der Waals surface area contributed by atoms with Gasteiger partial charge >= 0.3 is 0 Å². The maximum atomic E-state index is 12.7. The minimum absolute atomic E-state index is 0.106. The first-order valence-electron chi connectivity index (χ1n) is 8.58. The normalized spacial score (nSPS) is 14.7. The number of carbonyl (C=O) groups is 1. The van der Waals surface area contributed by atoms with Gasteiger partial charge in [-0.25, -0.2) is 0 Å². The lowest BCUT2D eigenvalue weighted by Crippen LogP contribution is -2.39. The molecule has 0 atom stereocenters. The summed E-state index contributed by atoms with van der Waals surface area (Å²) in [6.45, 7) is 5.59. The lowest BCUT2D eigenvalue weighted by atomic mass is 10.1. The van der Waals surface area contributed by atoms with Crippen molar-refractivity contribution >= 4 is 12.0 Å². The van der Waals surface area contributed by atoms with Gasteiger partial charge in [-0.2, -0.15) is 0 Å². The first kappa shape index (κ1) is 17.2. The third-order valence-electron chi connectivity index (χ3n) is 4.28. The van der Waals surface area contributed by atoms with Crippen molar-refractivity contribution in [3.05, 3.63) is 71.8 Å². The van der Waals surface area contributed by atoms with E-state index in [-0.39, 0.29) is 11.9 Å². The van der Waals surface area contributed by atoms with Crippen LogP contribution < -0.4 is 10.1 Å². The quantitative estimate of drug-likeness (QED) is 0.872. The molecule has 0 aromatic heterocycles. The minimum atomic E-state index is -0.106. The van der Waals surface area contributed by atoms with Gasteiger partial charge in [-0.1, -0.05) is 49.1 Å². The van der Waals surface area contributed by atoms with Gasteiger partial charge in [0.25, 0.3) is 5.91 Å². The molecule has 3 rings (SSSR count). The molecule has 130 valence electrons. The predicted octanol–water partition coefficient (Wildman–Crippen LogP) is 3.82. The van der Waals surface area contributed by atoms with Crippen LogP contribution in [0, 0.1) is 0 Å².